The minimum Gasteiger partial charge on any atom is -0.381 e. The molecule has 8 nitrogen and oxygen atoms in total. The molecule has 4 rings (SSSR count). The highest BCUT2D eigenvalue weighted by Crippen LogP contribution is 2.23. The van der Waals surface area contributed by atoms with Crippen molar-refractivity contribution in [3.63, 3.8) is 0 Å². The largest absolute Gasteiger partial charge is 0.381 e. The number of carbonyl (C=O) groups is 1. The van der Waals surface area contributed by atoms with E-state index in [1.807, 2.05) is 10.7 Å². The molecule has 0 spiro atoms. The Morgan fingerprint density at radius 3 is 2.96 bits per heavy atom. The monoisotopic (exact) mass is 360 g/mol. The quantitative estimate of drug-likeness (QED) is 0.809. The van der Waals surface area contributed by atoms with Crippen molar-refractivity contribution in [2.24, 2.45) is 5.92 Å². The molecule has 8 heteroatoms. The molecular weight excluding hydrogens is 336 g/mol. The average Bonchev–Trinajstić information content (AvgIpc) is 3.30. The number of hydrogen-bond acceptors (Lipinski definition) is 6. The Morgan fingerprint density at radius 1 is 1.35 bits per heavy atom. The molecule has 140 valence electrons. The van der Waals surface area contributed by atoms with Crippen LogP contribution < -0.4 is 0 Å². The topological polar surface area (TPSA) is 82.6 Å². The molecule has 2 aromatic rings. The molecule has 1 unspecified atom stereocenters. The van der Waals surface area contributed by atoms with E-state index in [4.69, 9.17) is 14.0 Å². The molecule has 0 bridgehead atoms. The lowest BCUT2D eigenvalue weighted by molar-refractivity contribution is 0.00400. The summed E-state index contributed by atoms with van der Waals surface area (Å²) in [7, 11) is 0. The fourth-order valence-electron chi connectivity index (χ4n) is 3.57. The number of amides is 1. The van der Waals surface area contributed by atoms with E-state index >= 15 is 0 Å². The standard InChI is InChI=1S/C18H24N4O4/c1-13-8-17(26-20-13)18(23)21-9-15-2-5-19-22(15)16(10-21)12-25-11-14-3-6-24-7-4-14/h2,5,8,14,16H,3-4,6-7,9-12H2,1H3. The van der Waals surface area contributed by atoms with Gasteiger partial charge in [0, 0.05) is 38.6 Å². The Balaban J connectivity index is 1.40. The minimum absolute atomic E-state index is 0.00144. The van der Waals surface area contributed by atoms with Crippen LogP contribution in [0.5, 0.6) is 0 Å². The Bertz CT molecular complexity index is 750. The minimum atomic E-state index is -0.146. The first kappa shape index (κ1) is 17.2. The number of carbonyl (C=O) groups excluding carboxylic acids is 1. The van der Waals surface area contributed by atoms with Crippen LogP contribution in [0.4, 0.5) is 0 Å². The van der Waals surface area contributed by atoms with Crippen molar-refractivity contribution in [1.82, 2.24) is 19.8 Å². The van der Waals surface area contributed by atoms with Crippen molar-refractivity contribution in [2.45, 2.75) is 32.4 Å². The zero-order valence-corrected chi connectivity index (χ0v) is 15.0. The van der Waals surface area contributed by atoms with E-state index in [2.05, 4.69) is 10.3 Å². The number of nitrogens with zero attached hydrogens (tertiary/aromatic N) is 4. The molecular formula is C18H24N4O4. The lowest BCUT2D eigenvalue weighted by atomic mass is 10.0. The zero-order valence-electron chi connectivity index (χ0n) is 15.0. The highest BCUT2D eigenvalue weighted by Gasteiger charge is 2.31. The van der Waals surface area contributed by atoms with Crippen LogP contribution in [0.3, 0.4) is 0 Å². The molecule has 0 aliphatic carbocycles. The maximum absolute atomic E-state index is 12.7. The van der Waals surface area contributed by atoms with E-state index in [1.54, 1.807) is 24.1 Å². The van der Waals surface area contributed by atoms with Crippen molar-refractivity contribution in [3.05, 3.63) is 35.5 Å². The van der Waals surface area contributed by atoms with Crippen LogP contribution >= 0.6 is 0 Å². The molecule has 2 aliphatic rings. The molecule has 0 aromatic carbocycles. The van der Waals surface area contributed by atoms with E-state index in [9.17, 15) is 4.79 Å². The fraction of sp³-hybridized carbons (Fsp3) is 0.611. The van der Waals surface area contributed by atoms with Crippen LogP contribution in [0.2, 0.25) is 0 Å². The molecule has 1 fully saturated rings. The van der Waals surface area contributed by atoms with Gasteiger partial charge in [-0.3, -0.25) is 9.48 Å². The first-order valence-electron chi connectivity index (χ1n) is 9.11. The van der Waals surface area contributed by atoms with Crippen LogP contribution in [-0.2, 0) is 16.0 Å². The molecule has 1 atom stereocenters. The molecule has 1 saturated heterocycles. The Hall–Kier alpha value is -2.19. The average molecular weight is 360 g/mol. The van der Waals surface area contributed by atoms with Gasteiger partial charge in [-0.1, -0.05) is 5.16 Å². The normalized spacial score (nSPS) is 21.0. The van der Waals surface area contributed by atoms with Crippen LogP contribution in [0.15, 0.2) is 22.9 Å². The first-order chi connectivity index (χ1) is 12.7. The summed E-state index contributed by atoms with van der Waals surface area (Å²) in [6.07, 6.45) is 3.87. The van der Waals surface area contributed by atoms with Gasteiger partial charge in [0.25, 0.3) is 5.91 Å². The van der Waals surface area contributed by atoms with Gasteiger partial charge in [0.1, 0.15) is 0 Å². The van der Waals surface area contributed by atoms with Gasteiger partial charge in [-0.25, -0.2) is 0 Å². The molecule has 2 aromatic heterocycles. The molecule has 2 aliphatic heterocycles. The van der Waals surface area contributed by atoms with Gasteiger partial charge in [0.2, 0.25) is 5.76 Å². The lowest BCUT2D eigenvalue weighted by Crippen LogP contribution is -2.42. The van der Waals surface area contributed by atoms with Crippen molar-refractivity contribution >= 4 is 5.91 Å². The Morgan fingerprint density at radius 2 is 2.19 bits per heavy atom. The number of fused-ring (bicyclic) bond motifs is 1. The molecule has 4 heterocycles. The number of rotatable bonds is 5. The summed E-state index contributed by atoms with van der Waals surface area (Å²) >= 11 is 0. The maximum Gasteiger partial charge on any atom is 0.292 e. The number of aryl methyl sites for hydroxylation is 1. The molecule has 0 N–H and O–H groups in total. The van der Waals surface area contributed by atoms with Crippen LogP contribution in [-0.4, -0.2) is 58.7 Å². The van der Waals surface area contributed by atoms with E-state index in [-0.39, 0.29) is 17.7 Å². The highest BCUT2D eigenvalue weighted by molar-refractivity contribution is 5.91. The molecule has 0 saturated carbocycles. The third-order valence-corrected chi connectivity index (χ3v) is 5.01. The van der Waals surface area contributed by atoms with Gasteiger partial charge in [0.05, 0.1) is 30.6 Å². The summed E-state index contributed by atoms with van der Waals surface area (Å²) in [5, 5.41) is 8.23. The van der Waals surface area contributed by atoms with Gasteiger partial charge in [-0.05, 0) is 31.7 Å². The highest BCUT2D eigenvalue weighted by atomic mass is 16.5. The summed E-state index contributed by atoms with van der Waals surface area (Å²) in [4.78, 5) is 14.5. The predicted octanol–water partition coefficient (Wildman–Crippen LogP) is 1.82. The SMILES string of the molecule is Cc1cc(C(=O)N2Cc3ccnn3C(COCC3CCOCC3)C2)on1. The molecule has 1 amide bonds. The second-order valence-corrected chi connectivity index (χ2v) is 7.03. The van der Waals surface area contributed by atoms with E-state index in [0.717, 1.165) is 38.4 Å². The molecule has 26 heavy (non-hydrogen) atoms. The van der Waals surface area contributed by atoms with E-state index in [1.165, 1.54) is 0 Å². The second-order valence-electron chi connectivity index (χ2n) is 7.03. The Labute approximate surface area is 152 Å². The summed E-state index contributed by atoms with van der Waals surface area (Å²) in [6.45, 7) is 5.75. The van der Waals surface area contributed by atoms with Crippen molar-refractivity contribution < 1.29 is 18.8 Å². The van der Waals surface area contributed by atoms with Gasteiger partial charge in [-0.2, -0.15) is 5.10 Å². The van der Waals surface area contributed by atoms with Crippen LogP contribution in [0.25, 0.3) is 0 Å². The molecule has 0 radical (unpaired) electrons. The maximum atomic E-state index is 12.7. The number of hydrogen-bond donors (Lipinski definition) is 0. The fourth-order valence-corrected chi connectivity index (χ4v) is 3.57. The third-order valence-electron chi connectivity index (χ3n) is 5.01. The van der Waals surface area contributed by atoms with Gasteiger partial charge in [-0.15, -0.1) is 0 Å². The summed E-state index contributed by atoms with van der Waals surface area (Å²) < 4.78 is 18.5. The van der Waals surface area contributed by atoms with Crippen molar-refractivity contribution in [1.29, 1.82) is 0 Å². The van der Waals surface area contributed by atoms with E-state index in [0.29, 0.717) is 31.3 Å². The van der Waals surface area contributed by atoms with Gasteiger partial charge < -0.3 is 18.9 Å². The number of aromatic nitrogens is 3. The summed E-state index contributed by atoms with van der Waals surface area (Å²) in [5.41, 5.74) is 1.70. The van der Waals surface area contributed by atoms with Crippen molar-refractivity contribution in [3.8, 4) is 0 Å². The van der Waals surface area contributed by atoms with Crippen LogP contribution in [0.1, 0.15) is 40.8 Å². The van der Waals surface area contributed by atoms with Crippen LogP contribution in [0, 0.1) is 12.8 Å². The zero-order chi connectivity index (χ0) is 17.9. The van der Waals surface area contributed by atoms with Gasteiger partial charge >= 0.3 is 0 Å². The predicted molar refractivity (Wildman–Crippen MR) is 91.6 cm³/mol. The lowest BCUT2D eigenvalue weighted by Gasteiger charge is -2.33. The Kier molecular flexibility index (Phi) is 5.03. The smallest absolute Gasteiger partial charge is 0.292 e. The summed E-state index contributed by atoms with van der Waals surface area (Å²) in [5.74, 6) is 0.684. The van der Waals surface area contributed by atoms with Gasteiger partial charge in [0.15, 0.2) is 0 Å². The van der Waals surface area contributed by atoms with E-state index < -0.39 is 0 Å². The summed E-state index contributed by atoms with van der Waals surface area (Å²) in [6, 6.07) is 3.61. The first-order valence-corrected chi connectivity index (χ1v) is 9.11. The third kappa shape index (κ3) is 3.66. The van der Waals surface area contributed by atoms with Crippen molar-refractivity contribution in [2.75, 3.05) is 33.0 Å². The number of ether oxygens (including phenoxy) is 2. The second kappa shape index (κ2) is 7.59.